The third-order valence-electron chi connectivity index (χ3n) is 10.2. The summed E-state index contributed by atoms with van der Waals surface area (Å²) >= 11 is 0. The highest BCUT2D eigenvalue weighted by molar-refractivity contribution is 7.00. The molecular weight excluding hydrogens is 555 g/mol. The van der Waals surface area contributed by atoms with Gasteiger partial charge < -0.3 is 9.80 Å². The van der Waals surface area contributed by atoms with Gasteiger partial charge in [-0.1, -0.05) is 96.1 Å². The van der Waals surface area contributed by atoms with Crippen LogP contribution >= 0.6 is 0 Å². The van der Waals surface area contributed by atoms with Crippen molar-refractivity contribution in [3.63, 3.8) is 0 Å². The van der Waals surface area contributed by atoms with E-state index in [9.17, 15) is 0 Å². The van der Waals surface area contributed by atoms with Crippen molar-refractivity contribution in [2.75, 3.05) is 9.80 Å². The minimum absolute atomic E-state index is 0.0885. The monoisotopic (exact) mass is 590 g/mol. The van der Waals surface area contributed by atoms with E-state index in [1.54, 1.807) is 0 Å². The van der Waals surface area contributed by atoms with Gasteiger partial charge in [-0.2, -0.15) is 0 Å². The van der Waals surface area contributed by atoms with Gasteiger partial charge in [-0.05, 0) is 115 Å². The Labute approximate surface area is 271 Å². The van der Waals surface area contributed by atoms with Gasteiger partial charge in [-0.25, -0.2) is 0 Å². The fraction of sp³-hybridized carbons (Fsp3) is 0.116. The van der Waals surface area contributed by atoms with Gasteiger partial charge in [0.2, 0.25) is 0 Å². The van der Waals surface area contributed by atoms with Crippen LogP contribution in [0.1, 0.15) is 27.8 Å². The molecule has 0 atom stereocenters. The molecule has 7 aromatic carbocycles. The number of nitrogens with zero attached hydrogens (tertiary/aromatic N) is 2. The van der Waals surface area contributed by atoms with Gasteiger partial charge in [0.05, 0.1) is 0 Å². The smallest absolute Gasteiger partial charge is 0.252 e. The molecule has 220 valence electrons. The van der Waals surface area contributed by atoms with E-state index < -0.39 is 0 Å². The molecule has 0 bridgehead atoms. The fourth-order valence-corrected chi connectivity index (χ4v) is 8.14. The summed E-state index contributed by atoms with van der Waals surface area (Å²) in [6.45, 7) is 11.2. The van der Waals surface area contributed by atoms with Crippen molar-refractivity contribution in [3.05, 3.63) is 149 Å². The van der Waals surface area contributed by atoms with Crippen LogP contribution < -0.4 is 26.2 Å². The minimum Gasteiger partial charge on any atom is -0.311 e. The van der Waals surface area contributed by atoms with Gasteiger partial charge in [0.15, 0.2) is 0 Å². The molecule has 0 saturated carbocycles. The van der Waals surface area contributed by atoms with Crippen molar-refractivity contribution < 1.29 is 0 Å². The van der Waals surface area contributed by atoms with E-state index in [1.165, 1.54) is 99.9 Å². The van der Waals surface area contributed by atoms with Crippen LogP contribution in [-0.2, 0) is 0 Å². The van der Waals surface area contributed by atoms with Crippen LogP contribution in [0.15, 0.2) is 121 Å². The number of aryl methyl sites for hydroxylation is 5. The molecule has 0 spiro atoms. The quantitative estimate of drug-likeness (QED) is 0.185. The topological polar surface area (TPSA) is 6.48 Å². The predicted molar refractivity (Wildman–Crippen MR) is 199 cm³/mol. The van der Waals surface area contributed by atoms with E-state index in [0.29, 0.717) is 0 Å². The zero-order valence-electron chi connectivity index (χ0n) is 27.0. The molecule has 3 heteroatoms. The van der Waals surface area contributed by atoms with Crippen molar-refractivity contribution in [3.8, 4) is 0 Å². The molecule has 0 saturated heterocycles. The van der Waals surface area contributed by atoms with E-state index in [-0.39, 0.29) is 6.71 Å². The number of hydrogen-bond donors (Lipinski definition) is 0. The molecule has 0 N–H and O–H groups in total. The molecule has 0 radical (unpaired) electrons. The summed E-state index contributed by atoms with van der Waals surface area (Å²) in [4.78, 5) is 5.09. The molecule has 2 heterocycles. The van der Waals surface area contributed by atoms with E-state index in [4.69, 9.17) is 0 Å². The average molecular weight is 591 g/mol. The molecular formula is C43H35BN2. The molecule has 0 fully saturated rings. The molecule has 2 aliphatic heterocycles. The zero-order chi connectivity index (χ0) is 31.3. The maximum atomic E-state index is 2.55. The summed E-state index contributed by atoms with van der Waals surface area (Å²) in [5, 5.41) is 5.21. The van der Waals surface area contributed by atoms with Gasteiger partial charge in [-0.3, -0.25) is 0 Å². The van der Waals surface area contributed by atoms with Gasteiger partial charge in [-0.15, -0.1) is 0 Å². The maximum absolute atomic E-state index is 2.55. The third kappa shape index (κ3) is 3.78. The number of hydrogen-bond acceptors (Lipinski definition) is 2. The summed E-state index contributed by atoms with van der Waals surface area (Å²) in [5.41, 5.74) is 18.0. The van der Waals surface area contributed by atoms with Crippen molar-refractivity contribution in [2.45, 2.75) is 34.6 Å². The largest absolute Gasteiger partial charge is 0.311 e. The van der Waals surface area contributed by atoms with E-state index >= 15 is 0 Å². The summed E-state index contributed by atoms with van der Waals surface area (Å²) in [6.07, 6.45) is 0. The second kappa shape index (κ2) is 9.86. The standard InChI is InChI=1S/C43H35BN2/c1-26-14-18-31(19-15-26)45-39-22-28(3)23-40-41(39)44(37-24-29(4)33-10-6-8-12-35(33)42(37)45)38-25-30(5)34-11-7-9-13-36(34)43(38)46(40)32-20-16-27(2)17-21-32/h6-25H,1-5H3. The first-order valence-corrected chi connectivity index (χ1v) is 16.3. The fourth-order valence-electron chi connectivity index (χ4n) is 8.14. The molecule has 2 aliphatic rings. The molecule has 7 aromatic rings. The predicted octanol–water partition coefficient (Wildman–Crippen LogP) is 9.62. The number of benzene rings is 7. The lowest BCUT2D eigenvalue weighted by Gasteiger charge is -2.45. The normalized spacial score (nSPS) is 13.2. The van der Waals surface area contributed by atoms with Crippen molar-refractivity contribution in [2.24, 2.45) is 0 Å². The lowest BCUT2D eigenvalue weighted by molar-refractivity contribution is 1.24. The van der Waals surface area contributed by atoms with Gasteiger partial charge in [0.25, 0.3) is 6.71 Å². The second-order valence-corrected chi connectivity index (χ2v) is 13.3. The Morgan fingerprint density at radius 2 is 0.804 bits per heavy atom. The Kier molecular flexibility index (Phi) is 5.80. The molecule has 46 heavy (non-hydrogen) atoms. The number of rotatable bonds is 2. The number of fused-ring (bicyclic) bond motifs is 8. The highest BCUT2D eigenvalue weighted by atomic mass is 15.2. The Bertz CT molecular complexity index is 2210. The number of anilines is 6. The minimum atomic E-state index is 0.0885. The Morgan fingerprint density at radius 3 is 1.22 bits per heavy atom. The summed E-state index contributed by atoms with van der Waals surface area (Å²) in [6, 6.07) is 45.8. The Balaban J connectivity index is 1.48. The van der Waals surface area contributed by atoms with E-state index in [2.05, 4.69) is 166 Å². The molecule has 2 nitrogen and oxygen atoms in total. The van der Waals surface area contributed by atoms with Gasteiger partial charge in [0.1, 0.15) is 0 Å². The van der Waals surface area contributed by atoms with E-state index in [0.717, 1.165) is 0 Å². The van der Waals surface area contributed by atoms with Crippen molar-refractivity contribution in [1.29, 1.82) is 0 Å². The highest BCUT2D eigenvalue weighted by Crippen LogP contribution is 2.48. The van der Waals surface area contributed by atoms with Crippen LogP contribution in [0, 0.1) is 34.6 Å². The second-order valence-electron chi connectivity index (χ2n) is 13.3. The first kappa shape index (κ1) is 27.1. The van der Waals surface area contributed by atoms with Crippen LogP contribution in [0.25, 0.3) is 21.5 Å². The molecule has 0 unspecified atom stereocenters. The zero-order valence-corrected chi connectivity index (χ0v) is 27.0. The van der Waals surface area contributed by atoms with Gasteiger partial charge >= 0.3 is 0 Å². The Morgan fingerprint density at radius 1 is 0.413 bits per heavy atom. The highest BCUT2D eigenvalue weighted by Gasteiger charge is 2.44. The van der Waals surface area contributed by atoms with Gasteiger partial charge in [0, 0.05) is 44.9 Å². The van der Waals surface area contributed by atoms with Crippen LogP contribution in [0.4, 0.5) is 34.1 Å². The van der Waals surface area contributed by atoms with Crippen LogP contribution in [0.2, 0.25) is 0 Å². The lowest BCUT2D eigenvalue weighted by atomic mass is 9.33. The molecule has 0 aromatic heterocycles. The first-order valence-electron chi connectivity index (χ1n) is 16.3. The van der Waals surface area contributed by atoms with Crippen molar-refractivity contribution in [1.82, 2.24) is 0 Å². The molecule has 0 amide bonds. The van der Waals surface area contributed by atoms with Crippen LogP contribution in [-0.4, -0.2) is 6.71 Å². The van der Waals surface area contributed by atoms with E-state index in [1.807, 2.05) is 0 Å². The third-order valence-corrected chi connectivity index (χ3v) is 10.2. The SMILES string of the molecule is Cc1ccc(N2c3cc(C)cc4c3B(c3cc(C)c5ccccc5c32)c2cc(C)c3ccccc3c2N4c2ccc(C)cc2)cc1. The molecule has 9 rings (SSSR count). The summed E-state index contributed by atoms with van der Waals surface area (Å²) < 4.78 is 0. The summed E-state index contributed by atoms with van der Waals surface area (Å²) in [7, 11) is 0. The molecule has 0 aliphatic carbocycles. The lowest BCUT2D eigenvalue weighted by Crippen LogP contribution is -2.61. The first-order chi connectivity index (χ1) is 22.4. The van der Waals surface area contributed by atoms with Crippen LogP contribution in [0.3, 0.4) is 0 Å². The summed E-state index contributed by atoms with van der Waals surface area (Å²) in [5.74, 6) is 0. The van der Waals surface area contributed by atoms with Crippen molar-refractivity contribution >= 4 is 78.8 Å². The average Bonchev–Trinajstić information content (AvgIpc) is 3.06. The maximum Gasteiger partial charge on any atom is 0.252 e. The van der Waals surface area contributed by atoms with Crippen LogP contribution in [0.5, 0.6) is 0 Å². The Hall–Kier alpha value is -5.28.